The van der Waals surface area contributed by atoms with Crippen LogP contribution in [0.5, 0.6) is 0 Å². The molecule has 4 heteroatoms. The molecule has 2 aromatic carbocycles. The molecule has 0 radical (unpaired) electrons. The second-order valence-electron chi connectivity index (χ2n) is 5.57. The van der Waals surface area contributed by atoms with Crippen molar-refractivity contribution < 1.29 is 9.18 Å². The van der Waals surface area contributed by atoms with Gasteiger partial charge in [-0.3, -0.25) is 4.79 Å². The summed E-state index contributed by atoms with van der Waals surface area (Å²) in [5, 5.41) is 0.703. The van der Waals surface area contributed by atoms with Crippen molar-refractivity contribution in [3.8, 4) is 0 Å². The molecule has 0 aromatic heterocycles. The van der Waals surface area contributed by atoms with Crippen LogP contribution in [0.25, 0.3) is 0 Å². The first-order chi connectivity index (χ1) is 10.6. The number of hydrogen-bond donors (Lipinski definition) is 0. The molecule has 0 spiro atoms. The zero-order valence-electron chi connectivity index (χ0n) is 12.1. The second-order valence-corrected chi connectivity index (χ2v) is 5.98. The lowest BCUT2D eigenvalue weighted by Gasteiger charge is -2.26. The average Bonchev–Trinajstić information content (AvgIpc) is 2.99. The molecular weight excluding hydrogens is 301 g/mol. The highest BCUT2D eigenvalue weighted by Crippen LogP contribution is 2.35. The molecule has 1 aliphatic rings. The highest BCUT2D eigenvalue weighted by molar-refractivity contribution is 6.31. The zero-order chi connectivity index (χ0) is 15.5. The minimum atomic E-state index is -0.286. The summed E-state index contributed by atoms with van der Waals surface area (Å²) in [6, 6.07) is 13.8. The molecule has 1 unspecified atom stereocenters. The molecule has 1 atom stereocenters. The number of carbonyl (C=O) groups excluding carboxylic acids is 1. The van der Waals surface area contributed by atoms with Crippen molar-refractivity contribution in [1.82, 2.24) is 4.90 Å². The van der Waals surface area contributed by atoms with Gasteiger partial charge < -0.3 is 4.90 Å². The fraction of sp³-hybridized carbons (Fsp3) is 0.278. The maximum absolute atomic E-state index is 12.9. The van der Waals surface area contributed by atoms with Crippen LogP contribution in [0.3, 0.4) is 0 Å². The highest BCUT2D eigenvalue weighted by Gasteiger charge is 2.30. The Labute approximate surface area is 134 Å². The van der Waals surface area contributed by atoms with Gasteiger partial charge in [0.1, 0.15) is 5.82 Å². The smallest absolute Gasteiger partial charge is 0.227 e. The standard InChI is InChI=1S/C18H17ClFNO/c19-16-5-2-1-4-15(16)17-6-3-11-21(17)18(22)12-13-7-9-14(20)10-8-13/h1-2,4-5,7-10,17H,3,6,11-12H2. The Kier molecular flexibility index (Phi) is 4.44. The third-order valence-corrected chi connectivity index (χ3v) is 4.45. The molecule has 0 bridgehead atoms. The third kappa shape index (κ3) is 3.14. The first-order valence-corrected chi connectivity index (χ1v) is 7.81. The van der Waals surface area contributed by atoms with Crippen molar-refractivity contribution in [2.45, 2.75) is 25.3 Å². The minimum Gasteiger partial charge on any atom is -0.335 e. The first kappa shape index (κ1) is 15.0. The van der Waals surface area contributed by atoms with E-state index in [1.54, 1.807) is 12.1 Å². The maximum Gasteiger partial charge on any atom is 0.227 e. The Morgan fingerprint density at radius 2 is 1.91 bits per heavy atom. The lowest BCUT2D eigenvalue weighted by atomic mass is 10.0. The molecule has 0 N–H and O–H groups in total. The quantitative estimate of drug-likeness (QED) is 0.822. The number of carbonyl (C=O) groups is 1. The van der Waals surface area contributed by atoms with Gasteiger partial charge in [0.15, 0.2) is 0 Å². The van der Waals surface area contributed by atoms with Gasteiger partial charge in [-0.1, -0.05) is 41.9 Å². The van der Waals surface area contributed by atoms with Gasteiger partial charge in [0.05, 0.1) is 12.5 Å². The van der Waals surface area contributed by atoms with Crippen LogP contribution in [0.1, 0.15) is 30.0 Å². The normalized spacial score (nSPS) is 17.7. The molecule has 1 fully saturated rings. The van der Waals surface area contributed by atoms with Crippen LogP contribution in [-0.2, 0) is 11.2 Å². The molecule has 1 amide bonds. The van der Waals surface area contributed by atoms with Crippen molar-refractivity contribution in [1.29, 1.82) is 0 Å². The number of benzene rings is 2. The SMILES string of the molecule is O=C(Cc1ccc(F)cc1)N1CCCC1c1ccccc1Cl. The minimum absolute atomic E-state index is 0.0432. The predicted octanol–water partition coefficient (Wildman–Crippen LogP) is 4.39. The average molecular weight is 318 g/mol. The fourth-order valence-corrected chi connectivity index (χ4v) is 3.27. The van der Waals surface area contributed by atoms with E-state index in [1.165, 1.54) is 12.1 Å². The molecule has 0 aliphatic carbocycles. The Morgan fingerprint density at radius 3 is 2.64 bits per heavy atom. The lowest BCUT2D eigenvalue weighted by molar-refractivity contribution is -0.131. The number of amides is 1. The topological polar surface area (TPSA) is 20.3 Å². The number of hydrogen-bond acceptors (Lipinski definition) is 1. The largest absolute Gasteiger partial charge is 0.335 e. The van der Waals surface area contributed by atoms with Crippen molar-refractivity contribution in [2.24, 2.45) is 0 Å². The Bertz CT molecular complexity index is 671. The molecule has 1 aliphatic heterocycles. The van der Waals surface area contributed by atoms with E-state index < -0.39 is 0 Å². The Morgan fingerprint density at radius 1 is 1.18 bits per heavy atom. The highest BCUT2D eigenvalue weighted by atomic mass is 35.5. The zero-order valence-corrected chi connectivity index (χ0v) is 12.9. The number of halogens is 2. The van der Waals surface area contributed by atoms with Gasteiger partial charge in [-0.2, -0.15) is 0 Å². The van der Waals surface area contributed by atoms with Gasteiger partial charge in [0.25, 0.3) is 0 Å². The van der Waals surface area contributed by atoms with E-state index >= 15 is 0 Å². The molecule has 2 nitrogen and oxygen atoms in total. The van der Waals surface area contributed by atoms with Gasteiger partial charge in [-0.15, -0.1) is 0 Å². The molecule has 2 aromatic rings. The number of nitrogens with zero attached hydrogens (tertiary/aromatic N) is 1. The summed E-state index contributed by atoms with van der Waals surface area (Å²) >= 11 is 6.27. The van der Waals surface area contributed by atoms with E-state index in [0.29, 0.717) is 11.4 Å². The van der Waals surface area contributed by atoms with Gasteiger partial charge in [0, 0.05) is 11.6 Å². The summed E-state index contributed by atoms with van der Waals surface area (Å²) in [5.41, 5.74) is 1.84. The summed E-state index contributed by atoms with van der Waals surface area (Å²) in [5.74, 6) is -0.222. The summed E-state index contributed by atoms with van der Waals surface area (Å²) in [6.45, 7) is 0.746. The lowest BCUT2D eigenvalue weighted by Crippen LogP contribution is -2.32. The van der Waals surface area contributed by atoms with Crippen LogP contribution in [0, 0.1) is 5.82 Å². The van der Waals surface area contributed by atoms with Crippen LogP contribution >= 0.6 is 11.6 Å². The van der Waals surface area contributed by atoms with Crippen molar-refractivity contribution in [2.75, 3.05) is 6.54 Å². The van der Waals surface area contributed by atoms with E-state index in [-0.39, 0.29) is 17.8 Å². The third-order valence-electron chi connectivity index (χ3n) is 4.11. The molecule has 114 valence electrons. The molecule has 22 heavy (non-hydrogen) atoms. The Balaban J connectivity index is 1.76. The van der Waals surface area contributed by atoms with E-state index in [4.69, 9.17) is 11.6 Å². The van der Waals surface area contributed by atoms with Gasteiger partial charge >= 0.3 is 0 Å². The second kappa shape index (κ2) is 6.49. The van der Waals surface area contributed by atoms with Crippen LogP contribution in [0.2, 0.25) is 5.02 Å². The monoisotopic (exact) mass is 317 g/mol. The predicted molar refractivity (Wildman–Crippen MR) is 85.2 cm³/mol. The van der Waals surface area contributed by atoms with Crippen LogP contribution in [-0.4, -0.2) is 17.4 Å². The molecule has 1 heterocycles. The Hall–Kier alpha value is -1.87. The van der Waals surface area contributed by atoms with Crippen LogP contribution < -0.4 is 0 Å². The van der Waals surface area contributed by atoms with Crippen molar-refractivity contribution in [3.63, 3.8) is 0 Å². The van der Waals surface area contributed by atoms with Crippen molar-refractivity contribution >= 4 is 17.5 Å². The summed E-state index contributed by atoms with van der Waals surface area (Å²) < 4.78 is 12.9. The summed E-state index contributed by atoms with van der Waals surface area (Å²) in [6.07, 6.45) is 2.20. The van der Waals surface area contributed by atoms with Gasteiger partial charge in [-0.05, 0) is 42.2 Å². The molecular formula is C18H17ClFNO. The van der Waals surface area contributed by atoms with E-state index in [0.717, 1.165) is 30.5 Å². The summed E-state index contributed by atoms with van der Waals surface area (Å²) in [7, 11) is 0. The number of rotatable bonds is 3. The van der Waals surface area contributed by atoms with Crippen LogP contribution in [0.15, 0.2) is 48.5 Å². The molecule has 3 rings (SSSR count). The van der Waals surface area contributed by atoms with E-state index in [1.807, 2.05) is 29.2 Å². The van der Waals surface area contributed by atoms with Gasteiger partial charge in [-0.25, -0.2) is 4.39 Å². The van der Waals surface area contributed by atoms with Crippen molar-refractivity contribution in [3.05, 3.63) is 70.5 Å². The molecule has 0 saturated carbocycles. The van der Waals surface area contributed by atoms with E-state index in [9.17, 15) is 9.18 Å². The first-order valence-electron chi connectivity index (χ1n) is 7.43. The van der Waals surface area contributed by atoms with Gasteiger partial charge in [0.2, 0.25) is 5.91 Å². The number of likely N-dealkylation sites (tertiary alicyclic amines) is 1. The van der Waals surface area contributed by atoms with Crippen LogP contribution in [0.4, 0.5) is 4.39 Å². The summed E-state index contributed by atoms with van der Waals surface area (Å²) in [4.78, 5) is 14.5. The maximum atomic E-state index is 12.9. The fourth-order valence-electron chi connectivity index (χ4n) is 3.01. The molecule has 1 saturated heterocycles. The van der Waals surface area contributed by atoms with E-state index in [2.05, 4.69) is 0 Å².